The fourth-order valence-corrected chi connectivity index (χ4v) is 3.71. The second kappa shape index (κ2) is 9.01. The van der Waals surface area contributed by atoms with Crippen LogP contribution in [0.4, 0.5) is 5.69 Å². The first-order valence-corrected chi connectivity index (χ1v) is 10.7. The van der Waals surface area contributed by atoms with Crippen molar-refractivity contribution in [1.29, 1.82) is 0 Å². The van der Waals surface area contributed by atoms with Crippen LogP contribution in [0.2, 0.25) is 0 Å². The van der Waals surface area contributed by atoms with Crippen LogP contribution in [0.5, 0.6) is 5.75 Å². The lowest BCUT2D eigenvalue weighted by atomic mass is 10.1. The highest BCUT2D eigenvalue weighted by Crippen LogP contribution is 2.28. The molecule has 7 heteroatoms. The van der Waals surface area contributed by atoms with Gasteiger partial charge < -0.3 is 15.4 Å². The number of carbonyl (C=O) groups excluding carboxylic acids is 1. The zero-order valence-corrected chi connectivity index (χ0v) is 16.9. The molecule has 0 aromatic heterocycles. The Kier molecular flexibility index (Phi) is 6.98. The van der Waals surface area contributed by atoms with Gasteiger partial charge in [-0.15, -0.1) is 0 Å². The first-order valence-electron chi connectivity index (χ1n) is 8.79. The van der Waals surface area contributed by atoms with Crippen molar-refractivity contribution in [2.45, 2.75) is 25.7 Å². The van der Waals surface area contributed by atoms with Crippen LogP contribution in [0.25, 0.3) is 0 Å². The van der Waals surface area contributed by atoms with Crippen LogP contribution in [0.15, 0.2) is 41.3 Å². The molecule has 146 valence electrons. The van der Waals surface area contributed by atoms with Gasteiger partial charge in [-0.2, -0.15) is 0 Å². The summed E-state index contributed by atoms with van der Waals surface area (Å²) in [4.78, 5) is 12.6. The Morgan fingerprint density at radius 2 is 1.74 bits per heavy atom. The van der Waals surface area contributed by atoms with Crippen LogP contribution in [0.3, 0.4) is 0 Å². The van der Waals surface area contributed by atoms with Crippen molar-refractivity contribution >= 4 is 21.4 Å². The predicted octanol–water partition coefficient (Wildman–Crippen LogP) is 2.95. The van der Waals surface area contributed by atoms with Gasteiger partial charge >= 0.3 is 0 Å². The molecule has 1 amide bonds. The standard InChI is InChI=1S/C20H26N2O4S/c1-5-21-10-11-26-19-14(2)12-16(13-15(19)3)22-20(23)17-8-6-7-9-18(17)27(4,24)25/h6-9,12-13,21H,5,10-11H2,1-4H3,(H,22,23). The molecule has 0 aliphatic rings. The minimum atomic E-state index is -3.50. The maximum atomic E-state index is 12.6. The van der Waals surface area contributed by atoms with Gasteiger partial charge in [-0.05, 0) is 55.8 Å². The monoisotopic (exact) mass is 390 g/mol. The number of amides is 1. The number of nitrogens with one attached hydrogen (secondary N) is 2. The van der Waals surface area contributed by atoms with Gasteiger partial charge in [-0.25, -0.2) is 8.42 Å². The number of hydrogen-bond donors (Lipinski definition) is 2. The maximum Gasteiger partial charge on any atom is 0.256 e. The Hall–Kier alpha value is -2.38. The molecule has 0 saturated carbocycles. The quantitative estimate of drug-likeness (QED) is 0.677. The third kappa shape index (κ3) is 5.55. The Balaban J connectivity index is 2.20. The first-order chi connectivity index (χ1) is 12.7. The Morgan fingerprint density at radius 3 is 2.33 bits per heavy atom. The number of likely N-dealkylation sites (N-methyl/N-ethyl adjacent to an activating group) is 1. The molecular formula is C20H26N2O4S. The van der Waals surface area contributed by atoms with Gasteiger partial charge in [0.15, 0.2) is 9.84 Å². The maximum absolute atomic E-state index is 12.6. The van der Waals surface area contributed by atoms with Crippen LogP contribution in [0, 0.1) is 13.8 Å². The van der Waals surface area contributed by atoms with E-state index >= 15 is 0 Å². The number of anilines is 1. The van der Waals surface area contributed by atoms with Crippen LogP contribution < -0.4 is 15.4 Å². The lowest BCUT2D eigenvalue weighted by Gasteiger charge is -2.15. The highest BCUT2D eigenvalue weighted by molar-refractivity contribution is 7.90. The molecule has 0 radical (unpaired) electrons. The summed E-state index contributed by atoms with van der Waals surface area (Å²) in [6, 6.07) is 9.81. The van der Waals surface area contributed by atoms with E-state index in [0.29, 0.717) is 12.3 Å². The summed E-state index contributed by atoms with van der Waals surface area (Å²) in [5, 5.41) is 5.98. The van der Waals surface area contributed by atoms with E-state index in [-0.39, 0.29) is 10.5 Å². The number of carbonyl (C=O) groups is 1. The molecule has 2 aromatic carbocycles. The van der Waals surface area contributed by atoms with E-state index in [1.54, 1.807) is 12.1 Å². The second-order valence-electron chi connectivity index (χ2n) is 6.36. The van der Waals surface area contributed by atoms with E-state index in [2.05, 4.69) is 10.6 Å². The van der Waals surface area contributed by atoms with Crippen molar-refractivity contribution in [3.8, 4) is 5.75 Å². The van der Waals surface area contributed by atoms with Crippen molar-refractivity contribution in [3.63, 3.8) is 0 Å². The van der Waals surface area contributed by atoms with Gasteiger partial charge in [0.2, 0.25) is 0 Å². The Morgan fingerprint density at radius 1 is 1.11 bits per heavy atom. The van der Waals surface area contributed by atoms with Gasteiger partial charge in [0.05, 0.1) is 10.5 Å². The number of rotatable bonds is 8. The number of benzene rings is 2. The molecular weight excluding hydrogens is 364 g/mol. The molecule has 0 atom stereocenters. The average molecular weight is 391 g/mol. The number of ether oxygens (including phenoxy) is 1. The smallest absolute Gasteiger partial charge is 0.256 e. The lowest BCUT2D eigenvalue weighted by Crippen LogP contribution is -2.20. The van der Waals surface area contributed by atoms with Gasteiger partial charge in [-0.1, -0.05) is 19.1 Å². The minimum Gasteiger partial charge on any atom is -0.492 e. The van der Waals surface area contributed by atoms with Crippen LogP contribution in [-0.4, -0.2) is 40.3 Å². The molecule has 0 heterocycles. The van der Waals surface area contributed by atoms with E-state index in [1.807, 2.05) is 32.9 Å². The molecule has 6 nitrogen and oxygen atoms in total. The first kappa shape index (κ1) is 20.9. The summed E-state index contributed by atoms with van der Waals surface area (Å²) < 4.78 is 29.6. The molecule has 0 aliphatic carbocycles. The summed E-state index contributed by atoms with van der Waals surface area (Å²) in [6.07, 6.45) is 1.09. The molecule has 27 heavy (non-hydrogen) atoms. The lowest BCUT2D eigenvalue weighted by molar-refractivity contribution is 0.102. The topological polar surface area (TPSA) is 84.5 Å². The third-order valence-corrected chi connectivity index (χ3v) is 5.18. The van der Waals surface area contributed by atoms with E-state index in [0.717, 1.165) is 36.2 Å². The fraction of sp³-hybridized carbons (Fsp3) is 0.350. The Labute approximate surface area is 160 Å². The largest absolute Gasteiger partial charge is 0.492 e. The molecule has 0 bridgehead atoms. The van der Waals surface area contributed by atoms with Gasteiger partial charge in [-0.3, -0.25) is 4.79 Å². The van der Waals surface area contributed by atoms with Crippen molar-refractivity contribution in [3.05, 3.63) is 53.1 Å². The zero-order chi connectivity index (χ0) is 20.0. The van der Waals surface area contributed by atoms with E-state index in [1.165, 1.54) is 12.1 Å². The highest BCUT2D eigenvalue weighted by atomic mass is 32.2. The van der Waals surface area contributed by atoms with E-state index < -0.39 is 15.7 Å². The molecule has 0 aliphatic heterocycles. The van der Waals surface area contributed by atoms with Gasteiger partial charge in [0.1, 0.15) is 12.4 Å². The third-order valence-electron chi connectivity index (χ3n) is 4.02. The molecule has 2 rings (SSSR count). The van der Waals surface area contributed by atoms with Gasteiger partial charge in [0, 0.05) is 18.5 Å². The SMILES string of the molecule is CCNCCOc1c(C)cc(NC(=O)c2ccccc2S(C)(=O)=O)cc1C. The summed E-state index contributed by atoms with van der Waals surface area (Å²) in [5.41, 5.74) is 2.52. The summed E-state index contributed by atoms with van der Waals surface area (Å²) in [6.45, 7) is 8.07. The van der Waals surface area contributed by atoms with Crippen molar-refractivity contribution < 1.29 is 17.9 Å². The van der Waals surface area contributed by atoms with Crippen LogP contribution in [-0.2, 0) is 9.84 Å². The van der Waals surface area contributed by atoms with E-state index in [4.69, 9.17) is 4.74 Å². The average Bonchev–Trinajstić information content (AvgIpc) is 2.59. The zero-order valence-electron chi connectivity index (χ0n) is 16.1. The second-order valence-corrected chi connectivity index (χ2v) is 8.35. The van der Waals surface area contributed by atoms with Gasteiger partial charge in [0.25, 0.3) is 5.91 Å². The number of hydrogen-bond acceptors (Lipinski definition) is 5. The van der Waals surface area contributed by atoms with Crippen LogP contribution >= 0.6 is 0 Å². The molecule has 0 saturated heterocycles. The normalized spacial score (nSPS) is 11.3. The molecule has 2 aromatic rings. The molecule has 0 unspecified atom stereocenters. The fourth-order valence-electron chi connectivity index (χ4n) is 2.83. The predicted molar refractivity (Wildman–Crippen MR) is 107 cm³/mol. The minimum absolute atomic E-state index is 0.0133. The summed E-state index contributed by atoms with van der Waals surface area (Å²) >= 11 is 0. The molecule has 2 N–H and O–H groups in total. The number of sulfone groups is 1. The van der Waals surface area contributed by atoms with Crippen LogP contribution in [0.1, 0.15) is 28.4 Å². The molecule has 0 fully saturated rings. The van der Waals surface area contributed by atoms with Crippen molar-refractivity contribution in [1.82, 2.24) is 5.32 Å². The van der Waals surface area contributed by atoms with Crippen molar-refractivity contribution in [2.24, 2.45) is 0 Å². The summed E-state index contributed by atoms with van der Waals surface area (Å²) in [7, 11) is -3.50. The highest BCUT2D eigenvalue weighted by Gasteiger charge is 2.18. The Bertz CT molecular complexity index is 900. The van der Waals surface area contributed by atoms with E-state index in [9.17, 15) is 13.2 Å². The van der Waals surface area contributed by atoms with Crippen molar-refractivity contribution in [2.75, 3.05) is 31.3 Å². The summed E-state index contributed by atoms with van der Waals surface area (Å²) in [5.74, 6) is 0.332. The molecule has 0 spiro atoms. The number of aryl methyl sites for hydroxylation is 2.